The lowest BCUT2D eigenvalue weighted by Gasteiger charge is -1.93. The van der Waals surface area contributed by atoms with Gasteiger partial charge in [0, 0.05) is 0 Å². The number of ether oxygens (including phenoxy) is 1. The van der Waals surface area contributed by atoms with E-state index in [2.05, 4.69) is 19.8 Å². The van der Waals surface area contributed by atoms with Crippen molar-refractivity contribution in [2.45, 2.75) is 6.92 Å². The lowest BCUT2D eigenvalue weighted by Crippen LogP contribution is -2.04. The van der Waals surface area contributed by atoms with Crippen LogP contribution < -0.4 is 0 Å². The van der Waals surface area contributed by atoms with Crippen molar-refractivity contribution in [1.29, 1.82) is 0 Å². The summed E-state index contributed by atoms with van der Waals surface area (Å²) in [6.07, 6.45) is 1.48. The van der Waals surface area contributed by atoms with Gasteiger partial charge in [-0.3, -0.25) is 0 Å². The molecule has 0 atom stereocenters. The molecule has 0 N–H and O–H groups in total. The summed E-state index contributed by atoms with van der Waals surface area (Å²) < 4.78 is 13.4. The second-order valence-corrected chi connectivity index (χ2v) is 3.20. The third-order valence-corrected chi connectivity index (χ3v) is 2.10. The number of hydrogen-bond acceptors (Lipinski definition) is 8. The van der Waals surface area contributed by atoms with Crippen LogP contribution in [0.3, 0.4) is 0 Å². The first-order valence-electron chi connectivity index (χ1n) is 4.09. The minimum absolute atomic E-state index is 0.166. The quantitative estimate of drug-likeness (QED) is 0.713. The fourth-order valence-electron chi connectivity index (χ4n) is 0.860. The molecule has 0 aliphatic rings. The van der Waals surface area contributed by atoms with Crippen LogP contribution in [0, 0.1) is 0 Å². The molecule has 0 spiro atoms. The molecule has 0 bridgehead atoms. The Kier molecular flexibility index (Phi) is 2.68. The van der Waals surface area contributed by atoms with Crippen LogP contribution in [0.15, 0.2) is 10.6 Å². The van der Waals surface area contributed by atoms with Gasteiger partial charge in [0.1, 0.15) is 4.88 Å². The second-order valence-electron chi connectivity index (χ2n) is 2.41. The Balaban J connectivity index is 2.21. The molecule has 15 heavy (non-hydrogen) atoms. The molecule has 0 saturated carbocycles. The van der Waals surface area contributed by atoms with Crippen LogP contribution >= 0.6 is 11.5 Å². The highest BCUT2D eigenvalue weighted by atomic mass is 32.1. The van der Waals surface area contributed by atoms with E-state index in [4.69, 9.17) is 9.15 Å². The van der Waals surface area contributed by atoms with E-state index in [1.54, 1.807) is 6.92 Å². The summed E-state index contributed by atoms with van der Waals surface area (Å²) in [6, 6.07) is 0. The third kappa shape index (κ3) is 1.99. The van der Waals surface area contributed by atoms with Gasteiger partial charge < -0.3 is 9.15 Å². The average molecular weight is 226 g/mol. The number of rotatable bonds is 3. The smallest absolute Gasteiger partial charge is 0.396 e. The highest BCUT2D eigenvalue weighted by Crippen LogP contribution is 2.19. The van der Waals surface area contributed by atoms with Crippen molar-refractivity contribution in [3.8, 4) is 10.8 Å². The predicted molar refractivity (Wildman–Crippen MR) is 49.2 cm³/mol. The normalized spacial score (nSPS) is 10.2. The maximum Gasteiger partial charge on any atom is 0.396 e. The maximum absolute atomic E-state index is 11.2. The minimum Gasteiger partial charge on any atom is -0.459 e. The zero-order valence-corrected chi connectivity index (χ0v) is 8.52. The molecule has 2 aromatic rings. The molecule has 78 valence electrons. The van der Waals surface area contributed by atoms with E-state index in [0.29, 0.717) is 4.88 Å². The van der Waals surface area contributed by atoms with Crippen LogP contribution in [0.25, 0.3) is 10.8 Å². The number of hydrogen-bond donors (Lipinski definition) is 0. The van der Waals surface area contributed by atoms with Gasteiger partial charge in [0.15, 0.2) is 0 Å². The van der Waals surface area contributed by atoms with Crippen molar-refractivity contribution in [2.75, 3.05) is 6.61 Å². The van der Waals surface area contributed by atoms with Crippen LogP contribution in [-0.2, 0) is 4.74 Å². The molecule has 0 fully saturated rings. The number of carbonyl (C=O) groups excluding carboxylic acids is 1. The highest BCUT2D eigenvalue weighted by molar-refractivity contribution is 7.09. The monoisotopic (exact) mass is 226 g/mol. The molecule has 8 heteroatoms. The van der Waals surface area contributed by atoms with Crippen molar-refractivity contribution in [3.05, 3.63) is 12.1 Å². The topological polar surface area (TPSA) is 91.0 Å². The number of carbonyl (C=O) groups is 1. The summed E-state index contributed by atoms with van der Waals surface area (Å²) in [5.74, 6) is -0.581. The van der Waals surface area contributed by atoms with Gasteiger partial charge in [-0.2, -0.15) is 0 Å². The molecule has 0 aromatic carbocycles. The lowest BCUT2D eigenvalue weighted by atomic mass is 10.6. The summed E-state index contributed by atoms with van der Waals surface area (Å²) in [4.78, 5) is 11.8. The van der Waals surface area contributed by atoms with Crippen molar-refractivity contribution >= 4 is 17.5 Å². The Labute approximate surface area is 88.2 Å². The van der Waals surface area contributed by atoms with E-state index < -0.39 is 5.97 Å². The van der Waals surface area contributed by atoms with Crippen molar-refractivity contribution in [1.82, 2.24) is 19.8 Å². The summed E-state index contributed by atoms with van der Waals surface area (Å²) in [5, 5.41) is 10.8. The van der Waals surface area contributed by atoms with E-state index in [0.717, 1.165) is 11.5 Å². The summed E-state index contributed by atoms with van der Waals surface area (Å²) in [6.45, 7) is 1.96. The maximum atomic E-state index is 11.2. The highest BCUT2D eigenvalue weighted by Gasteiger charge is 2.17. The van der Waals surface area contributed by atoms with Gasteiger partial charge in [0.2, 0.25) is 0 Å². The first-order valence-corrected chi connectivity index (χ1v) is 4.87. The van der Waals surface area contributed by atoms with Crippen LogP contribution in [0.5, 0.6) is 0 Å². The van der Waals surface area contributed by atoms with Crippen molar-refractivity contribution < 1.29 is 13.9 Å². The average Bonchev–Trinajstić information content (AvgIpc) is 2.89. The van der Waals surface area contributed by atoms with Crippen LogP contribution in [0.1, 0.15) is 17.6 Å². The lowest BCUT2D eigenvalue weighted by molar-refractivity contribution is 0.0481. The Morgan fingerprint density at radius 2 is 2.47 bits per heavy atom. The molecule has 0 radical (unpaired) electrons. The summed E-state index contributed by atoms with van der Waals surface area (Å²) >= 11 is 1.10. The molecular weight excluding hydrogens is 220 g/mol. The first-order chi connectivity index (χ1) is 7.31. The zero-order valence-electron chi connectivity index (χ0n) is 7.71. The van der Waals surface area contributed by atoms with Crippen LogP contribution in [0.2, 0.25) is 0 Å². The Morgan fingerprint density at radius 1 is 1.60 bits per heavy atom. The Bertz CT molecular complexity index is 453. The van der Waals surface area contributed by atoms with E-state index in [-0.39, 0.29) is 18.4 Å². The van der Waals surface area contributed by atoms with Gasteiger partial charge in [-0.15, -0.1) is 15.3 Å². The van der Waals surface area contributed by atoms with Crippen molar-refractivity contribution in [3.63, 3.8) is 0 Å². The molecule has 2 rings (SSSR count). The molecule has 2 heterocycles. The second kappa shape index (κ2) is 4.13. The Morgan fingerprint density at radius 3 is 3.13 bits per heavy atom. The molecule has 0 aliphatic heterocycles. The standard InChI is InChI=1S/C7H6N4O3S/c1-2-13-7(12)6-10-9-5(14-6)4-3-8-11-15-4/h3H,2H2,1H3. The van der Waals surface area contributed by atoms with Gasteiger partial charge in [0.25, 0.3) is 5.89 Å². The number of esters is 1. The molecule has 0 amide bonds. The van der Waals surface area contributed by atoms with Crippen LogP contribution in [-0.4, -0.2) is 32.4 Å². The van der Waals surface area contributed by atoms with Gasteiger partial charge in [-0.05, 0) is 18.5 Å². The zero-order chi connectivity index (χ0) is 10.7. The van der Waals surface area contributed by atoms with Gasteiger partial charge >= 0.3 is 11.9 Å². The number of aromatic nitrogens is 4. The molecule has 0 aliphatic carbocycles. The Hall–Kier alpha value is -1.83. The largest absolute Gasteiger partial charge is 0.459 e. The van der Waals surface area contributed by atoms with Crippen LogP contribution in [0.4, 0.5) is 0 Å². The molecular formula is C7H6N4O3S. The predicted octanol–water partition coefficient (Wildman–Crippen LogP) is 0.765. The molecule has 0 saturated heterocycles. The molecule has 7 nitrogen and oxygen atoms in total. The fourth-order valence-corrected chi connectivity index (χ4v) is 1.30. The van der Waals surface area contributed by atoms with Gasteiger partial charge in [0.05, 0.1) is 12.8 Å². The fraction of sp³-hybridized carbons (Fsp3) is 0.286. The van der Waals surface area contributed by atoms with E-state index in [1.807, 2.05) is 0 Å². The summed E-state index contributed by atoms with van der Waals surface area (Å²) in [5.41, 5.74) is 0. The number of nitrogens with zero attached hydrogens (tertiary/aromatic N) is 4. The van der Waals surface area contributed by atoms with E-state index in [9.17, 15) is 4.79 Å². The first kappa shape index (κ1) is 9.71. The van der Waals surface area contributed by atoms with Gasteiger partial charge in [-0.25, -0.2) is 4.79 Å². The van der Waals surface area contributed by atoms with Crippen molar-refractivity contribution in [2.24, 2.45) is 0 Å². The molecule has 2 aromatic heterocycles. The SMILES string of the molecule is CCOC(=O)c1nnc(-c2cnns2)o1. The van der Waals surface area contributed by atoms with E-state index in [1.165, 1.54) is 6.20 Å². The summed E-state index contributed by atoms with van der Waals surface area (Å²) in [7, 11) is 0. The molecule has 0 unspecified atom stereocenters. The third-order valence-electron chi connectivity index (χ3n) is 1.45. The van der Waals surface area contributed by atoms with Gasteiger partial charge in [-0.1, -0.05) is 4.49 Å². The van der Waals surface area contributed by atoms with E-state index >= 15 is 0 Å². The minimum atomic E-state index is -0.631.